The highest BCUT2D eigenvalue weighted by atomic mass is 19.1. The van der Waals surface area contributed by atoms with Crippen molar-refractivity contribution >= 4 is 11.6 Å². The van der Waals surface area contributed by atoms with Gasteiger partial charge in [0.1, 0.15) is 11.6 Å². The number of likely N-dealkylation sites (N-methyl/N-ethyl adjacent to an activating group) is 1. The minimum atomic E-state index is -1.22. The van der Waals surface area contributed by atoms with E-state index in [0.717, 1.165) is 23.8 Å². The maximum absolute atomic E-state index is 13.6. The van der Waals surface area contributed by atoms with E-state index in [2.05, 4.69) is 5.32 Å². The first-order valence-electron chi connectivity index (χ1n) is 7.53. The van der Waals surface area contributed by atoms with Gasteiger partial charge in [0, 0.05) is 17.8 Å². The number of amides is 1. The summed E-state index contributed by atoms with van der Waals surface area (Å²) in [6, 6.07) is 10.3. The number of aliphatic hydroxyl groups excluding tert-OH is 1. The third kappa shape index (κ3) is 5.11. The van der Waals surface area contributed by atoms with E-state index >= 15 is 0 Å². The lowest BCUT2D eigenvalue weighted by Crippen LogP contribution is -2.33. The van der Waals surface area contributed by atoms with Gasteiger partial charge in [-0.2, -0.15) is 0 Å². The zero-order valence-corrected chi connectivity index (χ0v) is 13.6. The molecular formula is C18H20F2N2O2. The second-order valence-corrected chi connectivity index (χ2v) is 5.79. The van der Waals surface area contributed by atoms with Gasteiger partial charge in [0.15, 0.2) is 0 Å². The van der Waals surface area contributed by atoms with Crippen LogP contribution < -0.4 is 5.32 Å². The third-order valence-corrected chi connectivity index (χ3v) is 3.55. The van der Waals surface area contributed by atoms with Gasteiger partial charge in [0.05, 0.1) is 12.6 Å². The van der Waals surface area contributed by atoms with Crippen LogP contribution in [0.25, 0.3) is 0 Å². The van der Waals surface area contributed by atoms with Crippen molar-refractivity contribution in [3.63, 3.8) is 0 Å². The molecule has 1 atom stereocenters. The molecule has 6 heteroatoms. The van der Waals surface area contributed by atoms with E-state index in [4.69, 9.17) is 0 Å². The van der Waals surface area contributed by atoms with Gasteiger partial charge in [-0.25, -0.2) is 8.78 Å². The number of anilines is 1. The number of hydrogen-bond acceptors (Lipinski definition) is 3. The first kappa shape index (κ1) is 18.0. The maximum Gasteiger partial charge on any atom is 0.238 e. The molecule has 0 spiro atoms. The molecule has 0 aliphatic rings. The molecule has 1 unspecified atom stereocenters. The molecule has 0 heterocycles. The van der Waals surface area contributed by atoms with Crippen molar-refractivity contribution in [2.24, 2.45) is 0 Å². The van der Waals surface area contributed by atoms with Crippen LogP contribution >= 0.6 is 0 Å². The summed E-state index contributed by atoms with van der Waals surface area (Å²) in [6.45, 7) is 1.97. The molecule has 0 bridgehead atoms. The van der Waals surface area contributed by atoms with Crippen molar-refractivity contribution < 1.29 is 18.7 Å². The van der Waals surface area contributed by atoms with Crippen LogP contribution in [0.1, 0.15) is 17.2 Å². The molecule has 0 radical (unpaired) electrons. The maximum atomic E-state index is 13.6. The van der Waals surface area contributed by atoms with Crippen molar-refractivity contribution in [2.75, 3.05) is 25.5 Å². The van der Waals surface area contributed by atoms with Gasteiger partial charge in [0.2, 0.25) is 5.91 Å². The lowest BCUT2D eigenvalue weighted by molar-refractivity contribution is -0.117. The van der Waals surface area contributed by atoms with Gasteiger partial charge in [-0.1, -0.05) is 17.7 Å². The Labute approximate surface area is 139 Å². The molecular weight excluding hydrogens is 314 g/mol. The van der Waals surface area contributed by atoms with Gasteiger partial charge in [0.25, 0.3) is 0 Å². The summed E-state index contributed by atoms with van der Waals surface area (Å²) < 4.78 is 26.8. The molecule has 0 aromatic heterocycles. The molecule has 4 nitrogen and oxygen atoms in total. The summed E-state index contributed by atoms with van der Waals surface area (Å²) in [5.74, 6) is -1.56. The summed E-state index contributed by atoms with van der Waals surface area (Å²) in [6.07, 6.45) is -1.22. The number of hydrogen-bond donors (Lipinski definition) is 2. The Balaban J connectivity index is 1.89. The van der Waals surface area contributed by atoms with Crippen LogP contribution in [0.3, 0.4) is 0 Å². The van der Waals surface area contributed by atoms with Crippen molar-refractivity contribution in [1.29, 1.82) is 0 Å². The van der Waals surface area contributed by atoms with Crippen molar-refractivity contribution in [1.82, 2.24) is 4.90 Å². The number of rotatable bonds is 6. The van der Waals surface area contributed by atoms with E-state index < -0.39 is 17.7 Å². The zero-order valence-electron chi connectivity index (χ0n) is 13.6. The quantitative estimate of drug-likeness (QED) is 0.854. The second-order valence-electron chi connectivity index (χ2n) is 5.79. The zero-order chi connectivity index (χ0) is 17.7. The van der Waals surface area contributed by atoms with Crippen molar-refractivity contribution in [3.05, 3.63) is 65.2 Å². The number of carbonyl (C=O) groups excluding carboxylic acids is 1. The Morgan fingerprint density at radius 2 is 1.88 bits per heavy atom. The summed E-state index contributed by atoms with van der Waals surface area (Å²) in [7, 11) is 1.62. The van der Waals surface area contributed by atoms with Gasteiger partial charge in [-0.15, -0.1) is 0 Å². The second kappa shape index (κ2) is 7.99. The van der Waals surface area contributed by atoms with E-state index in [1.54, 1.807) is 24.1 Å². The van der Waals surface area contributed by atoms with Gasteiger partial charge < -0.3 is 10.4 Å². The van der Waals surface area contributed by atoms with Gasteiger partial charge in [-0.3, -0.25) is 9.69 Å². The van der Waals surface area contributed by atoms with Crippen LogP contribution in [0.15, 0.2) is 42.5 Å². The highest BCUT2D eigenvalue weighted by Gasteiger charge is 2.17. The number of halogens is 2. The monoisotopic (exact) mass is 334 g/mol. The molecule has 24 heavy (non-hydrogen) atoms. The molecule has 2 aromatic rings. The Bertz CT molecular complexity index is 705. The summed E-state index contributed by atoms with van der Waals surface area (Å²) in [5, 5.41) is 12.8. The first-order chi connectivity index (χ1) is 11.3. The molecule has 128 valence electrons. The lowest BCUT2D eigenvalue weighted by atomic mass is 10.1. The van der Waals surface area contributed by atoms with Crippen molar-refractivity contribution in [3.8, 4) is 0 Å². The average molecular weight is 334 g/mol. The molecule has 2 rings (SSSR count). The van der Waals surface area contributed by atoms with Crippen LogP contribution in [0, 0.1) is 18.6 Å². The largest absolute Gasteiger partial charge is 0.387 e. The Morgan fingerprint density at radius 1 is 1.21 bits per heavy atom. The minimum absolute atomic E-state index is 0.00168. The van der Waals surface area contributed by atoms with Crippen LogP contribution in [0.2, 0.25) is 0 Å². The average Bonchev–Trinajstić information content (AvgIpc) is 2.51. The molecule has 0 saturated heterocycles. The Morgan fingerprint density at radius 3 is 2.54 bits per heavy atom. The normalized spacial score (nSPS) is 12.2. The SMILES string of the molecule is Cc1ccc(NC(=O)CN(C)CC(O)c2cc(F)ccc2F)cc1. The predicted molar refractivity (Wildman–Crippen MR) is 88.6 cm³/mol. The number of aryl methyl sites for hydroxylation is 1. The number of nitrogens with zero attached hydrogens (tertiary/aromatic N) is 1. The van der Waals surface area contributed by atoms with Crippen LogP contribution in [-0.2, 0) is 4.79 Å². The molecule has 0 aliphatic carbocycles. The molecule has 1 amide bonds. The predicted octanol–water partition coefficient (Wildman–Crippen LogP) is 2.88. The van der Waals surface area contributed by atoms with Gasteiger partial charge >= 0.3 is 0 Å². The lowest BCUT2D eigenvalue weighted by Gasteiger charge is -2.20. The summed E-state index contributed by atoms with van der Waals surface area (Å²) >= 11 is 0. The van der Waals surface area contributed by atoms with Crippen LogP contribution in [-0.4, -0.2) is 36.1 Å². The van der Waals surface area contributed by atoms with E-state index in [0.29, 0.717) is 5.69 Å². The van der Waals surface area contributed by atoms with Crippen molar-refractivity contribution in [2.45, 2.75) is 13.0 Å². The smallest absolute Gasteiger partial charge is 0.238 e. The molecule has 0 fully saturated rings. The topological polar surface area (TPSA) is 52.6 Å². The van der Waals surface area contributed by atoms with E-state index in [1.165, 1.54) is 0 Å². The van der Waals surface area contributed by atoms with E-state index in [-0.39, 0.29) is 24.6 Å². The first-order valence-corrected chi connectivity index (χ1v) is 7.53. The third-order valence-electron chi connectivity index (χ3n) is 3.55. The Hall–Kier alpha value is -2.31. The standard InChI is InChI=1S/C18H20F2N2O2/c1-12-3-6-14(7-4-12)21-18(24)11-22(2)10-17(23)15-9-13(19)5-8-16(15)20/h3-9,17,23H,10-11H2,1-2H3,(H,21,24). The highest BCUT2D eigenvalue weighted by molar-refractivity contribution is 5.92. The van der Waals surface area contributed by atoms with E-state index in [1.807, 2.05) is 19.1 Å². The number of benzene rings is 2. The van der Waals surface area contributed by atoms with E-state index in [9.17, 15) is 18.7 Å². The Kier molecular flexibility index (Phi) is 6.00. The highest BCUT2D eigenvalue weighted by Crippen LogP contribution is 2.19. The summed E-state index contributed by atoms with van der Waals surface area (Å²) in [5.41, 5.74) is 1.64. The number of nitrogens with one attached hydrogen (secondary N) is 1. The number of aliphatic hydroxyl groups is 1. The fraction of sp³-hybridized carbons (Fsp3) is 0.278. The molecule has 0 saturated carbocycles. The molecule has 0 aliphatic heterocycles. The fourth-order valence-electron chi connectivity index (χ4n) is 2.31. The molecule has 2 aromatic carbocycles. The summed E-state index contributed by atoms with van der Waals surface area (Å²) in [4.78, 5) is 13.5. The number of carbonyl (C=O) groups is 1. The van der Waals surface area contributed by atoms with Crippen LogP contribution in [0.4, 0.5) is 14.5 Å². The van der Waals surface area contributed by atoms with Gasteiger partial charge in [-0.05, 0) is 44.3 Å². The molecule has 2 N–H and O–H groups in total. The fourth-order valence-corrected chi connectivity index (χ4v) is 2.31. The van der Waals surface area contributed by atoms with Crippen LogP contribution in [0.5, 0.6) is 0 Å². The minimum Gasteiger partial charge on any atom is -0.387 e.